The number of thioether (sulfide) groups is 1. The molecule has 7 heteroatoms. The van der Waals surface area contributed by atoms with Gasteiger partial charge in [-0.3, -0.25) is 10.1 Å². The number of nitrogens with one attached hydrogen (secondary N) is 2. The van der Waals surface area contributed by atoms with Crippen molar-refractivity contribution in [2.24, 2.45) is 0 Å². The van der Waals surface area contributed by atoms with Crippen LogP contribution in [-0.2, 0) is 4.79 Å². The Hall–Kier alpha value is -1.63. The van der Waals surface area contributed by atoms with E-state index < -0.39 is 23.6 Å². The molecule has 0 aliphatic carbocycles. The quantitative estimate of drug-likeness (QED) is 0.822. The molecule has 1 rings (SSSR count). The van der Waals surface area contributed by atoms with E-state index in [4.69, 9.17) is 0 Å². The zero-order valence-corrected chi connectivity index (χ0v) is 12.0. The van der Waals surface area contributed by atoms with Gasteiger partial charge in [0.05, 0.1) is 5.75 Å². The van der Waals surface area contributed by atoms with Gasteiger partial charge in [-0.2, -0.15) is 0 Å². The molecule has 0 saturated carbocycles. The zero-order chi connectivity index (χ0) is 15.1. The first kappa shape index (κ1) is 16.4. The monoisotopic (exact) mass is 302 g/mol. The molecule has 0 saturated heterocycles. The van der Waals surface area contributed by atoms with Gasteiger partial charge < -0.3 is 5.32 Å². The Balaban J connectivity index is 2.43. The second-order valence-electron chi connectivity index (χ2n) is 4.19. The van der Waals surface area contributed by atoms with E-state index in [1.54, 1.807) is 6.92 Å². The summed E-state index contributed by atoms with van der Waals surface area (Å²) in [6.45, 7) is 3.70. The Morgan fingerprint density at radius 2 is 2.05 bits per heavy atom. The Bertz CT molecular complexity index is 497. The number of imide groups is 1. The van der Waals surface area contributed by atoms with Gasteiger partial charge >= 0.3 is 6.03 Å². The van der Waals surface area contributed by atoms with Crippen LogP contribution in [0.3, 0.4) is 0 Å². The average Bonchev–Trinajstić information content (AvgIpc) is 2.39. The number of amides is 3. The number of hydrogen-bond acceptors (Lipinski definition) is 3. The van der Waals surface area contributed by atoms with E-state index in [-0.39, 0.29) is 16.7 Å². The zero-order valence-electron chi connectivity index (χ0n) is 11.2. The average molecular weight is 302 g/mol. The SMILES string of the molecule is CC[C@H](C)NC(=O)NC(=O)CSc1cc(F)ccc1F. The molecule has 1 atom stereocenters. The number of carbonyl (C=O) groups is 2. The lowest BCUT2D eigenvalue weighted by atomic mass is 10.3. The molecule has 1 aromatic rings. The van der Waals surface area contributed by atoms with Crippen LogP contribution < -0.4 is 10.6 Å². The summed E-state index contributed by atoms with van der Waals surface area (Å²) in [5.74, 6) is -1.93. The normalized spacial score (nSPS) is 11.8. The summed E-state index contributed by atoms with van der Waals surface area (Å²) < 4.78 is 26.2. The van der Waals surface area contributed by atoms with E-state index in [2.05, 4.69) is 10.6 Å². The molecule has 0 radical (unpaired) electrons. The standard InChI is InChI=1S/C13H16F2N2O2S/c1-3-8(2)16-13(19)17-12(18)7-20-11-6-9(14)4-5-10(11)15/h4-6,8H,3,7H2,1-2H3,(H2,16,17,18,19)/t8-/m0/s1. The van der Waals surface area contributed by atoms with Crippen LogP contribution in [0.2, 0.25) is 0 Å². The number of urea groups is 1. The van der Waals surface area contributed by atoms with Crippen molar-refractivity contribution < 1.29 is 18.4 Å². The first-order chi connectivity index (χ1) is 9.42. The summed E-state index contributed by atoms with van der Waals surface area (Å²) in [6.07, 6.45) is 0.741. The maximum absolute atomic E-state index is 13.3. The second-order valence-corrected chi connectivity index (χ2v) is 5.21. The highest BCUT2D eigenvalue weighted by Gasteiger charge is 2.12. The van der Waals surface area contributed by atoms with Crippen molar-refractivity contribution in [1.82, 2.24) is 10.6 Å². The van der Waals surface area contributed by atoms with Gasteiger partial charge in [-0.15, -0.1) is 11.8 Å². The highest BCUT2D eigenvalue weighted by atomic mass is 32.2. The minimum absolute atomic E-state index is 0.0301. The molecule has 0 spiro atoms. The molecule has 110 valence electrons. The first-order valence-corrected chi connectivity index (χ1v) is 7.09. The van der Waals surface area contributed by atoms with Gasteiger partial charge in [0, 0.05) is 10.9 Å². The Labute approximate surface area is 120 Å². The van der Waals surface area contributed by atoms with Crippen LogP contribution >= 0.6 is 11.8 Å². The first-order valence-electron chi connectivity index (χ1n) is 6.10. The van der Waals surface area contributed by atoms with Crippen molar-refractivity contribution in [2.75, 3.05) is 5.75 Å². The van der Waals surface area contributed by atoms with Crippen LogP contribution in [-0.4, -0.2) is 23.7 Å². The van der Waals surface area contributed by atoms with Crippen LogP contribution in [0, 0.1) is 11.6 Å². The molecule has 2 N–H and O–H groups in total. The van der Waals surface area contributed by atoms with Crippen LogP contribution in [0.1, 0.15) is 20.3 Å². The van der Waals surface area contributed by atoms with Crippen LogP contribution in [0.5, 0.6) is 0 Å². The van der Waals surface area contributed by atoms with E-state index in [1.165, 1.54) is 0 Å². The van der Waals surface area contributed by atoms with Gasteiger partial charge in [0.25, 0.3) is 0 Å². The summed E-state index contributed by atoms with van der Waals surface area (Å²) in [7, 11) is 0. The highest BCUT2D eigenvalue weighted by Crippen LogP contribution is 2.22. The minimum atomic E-state index is -0.603. The van der Waals surface area contributed by atoms with E-state index in [0.29, 0.717) is 0 Å². The molecule has 0 aliphatic rings. The molecule has 20 heavy (non-hydrogen) atoms. The summed E-state index contributed by atoms with van der Waals surface area (Å²) >= 11 is 0.829. The van der Waals surface area contributed by atoms with Gasteiger partial charge in [0.2, 0.25) is 5.91 Å². The van der Waals surface area contributed by atoms with Crippen molar-refractivity contribution in [1.29, 1.82) is 0 Å². The number of halogens is 2. The number of rotatable bonds is 5. The van der Waals surface area contributed by atoms with E-state index >= 15 is 0 Å². The lowest BCUT2D eigenvalue weighted by Crippen LogP contribution is -2.43. The molecular formula is C13H16F2N2O2S. The van der Waals surface area contributed by atoms with Crippen molar-refractivity contribution in [3.8, 4) is 0 Å². The van der Waals surface area contributed by atoms with E-state index in [1.807, 2.05) is 6.92 Å². The number of hydrogen-bond donors (Lipinski definition) is 2. The van der Waals surface area contributed by atoms with Gasteiger partial charge in [-0.1, -0.05) is 6.92 Å². The third-order valence-electron chi connectivity index (χ3n) is 2.49. The Kier molecular flexibility index (Phi) is 6.44. The molecule has 4 nitrogen and oxygen atoms in total. The fourth-order valence-electron chi connectivity index (χ4n) is 1.26. The molecule has 0 heterocycles. The number of carbonyl (C=O) groups excluding carboxylic acids is 2. The minimum Gasteiger partial charge on any atom is -0.335 e. The topological polar surface area (TPSA) is 58.2 Å². The molecule has 0 aromatic heterocycles. The van der Waals surface area contributed by atoms with Crippen molar-refractivity contribution in [3.05, 3.63) is 29.8 Å². The van der Waals surface area contributed by atoms with Crippen LogP contribution in [0.4, 0.5) is 13.6 Å². The predicted molar refractivity (Wildman–Crippen MR) is 73.5 cm³/mol. The maximum atomic E-state index is 13.3. The van der Waals surface area contributed by atoms with E-state index in [9.17, 15) is 18.4 Å². The molecule has 0 bridgehead atoms. The summed E-state index contributed by atoms with van der Waals surface area (Å²) in [6, 6.07) is 2.36. The predicted octanol–water partition coefficient (Wildman–Crippen LogP) is 2.68. The molecule has 0 fully saturated rings. The summed E-state index contributed by atoms with van der Waals surface area (Å²) in [5, 5.41) is 4.69. The van der Waals surface area contributed by atoms with Crippen molar-refractivity contribution in [3.63, 3.8) is 0 Å². The Morgan fingerprint density at radius 1 is 1.35 bits per heavy atom. The molecular weight excluding hydrogens is 286 g/mol. The molecule has 3 amide bonds. The molecule has 1 aromatic carbocycles. The molecule has 0 aliphatic heterocycles. The smallest absolute Gasteiger partial charge is 0.321 e. The van der Waals surface area contributed by atoms with Crippen molar-refractivity contribution >= 4 is 23.7 Å². The third kappa shape index (κ3) is 5.56. The second kappa shape index (κ2) is 7.84. The summed E-state index contributed by atoms with van der Waals surface area (Å²) in [5.41, 5.74) is 0. The lowest BCUT2D eigenvalue weighted by Gasteiger charge is -2.11. The van der Waals surface area contributed by atoms with Crippen molar-refractivity contribution in [2.45, 2.75) is 31.2 Å². The summed E-state index contributed by atoms with van der Waals surface area (Å²) in [4.78, 5) is 22.9. The van der Waals surface area contributed by atoms with Crippen LogP contribution in [0.25, 0.3) is 0 Å². The Morgan fingerprint density at radius 3 is 2.70 bits per heavy atom. The third-order valence-corrected chi connectivity index (χ3v) is 3.53. The van der Waals surface area contributed by atoms with E-state index in [0.717, 1.165) is 36.4 Å². The van der Waals surface area contributed by atoms with Crippen LogP contribution in [0.15, 0.2) is 23.1 Å². The van der Waals surface area contributed by atoms with Gasteiger partial charge in [-0.25, -0.2) is 13.6 Å². The fourth-order valence-corrected chi connectivity index (χ4v) is 2.02. The van der Waals surface area contributed by atoms with Gasteiger partial charge in [0.1, 0.15) is 11.6 Å². The molecule has 0 unspecified atom stereocenters. The largest absolute Gasteiger partial charge is 0.335 e. The van der Waals surface area contributed by atoms with Gasteiger partial charge in [-0.05, 0) is 31.5 Å². The lowest BCUT2D eigenvalue weighted by molar-refractivity contribution is -0.117. The highest BCUT2D eigenvalue weighted by molar-refractivity contribution is 8.00. The number of benzene rings is 1. The fraction of sp³-hybridized carbons (Fsp3) is 0.385. The maximum Gasteiger partial charge on any atom is 0.321 e. The van der Waals surface area contributed by atoms with Gasteiger partial charge in [0.15, 0.2) is 0 Å².